The van der Waals surface area contributed by atoms with Gasteiger partial charge in [-0.1, -0.05) is 34.1 Å². The van der Waals surface area contributed by atoms with Crippen molar-refractivity contribution in [3.8, 4) is 0 Å². The number of fused-ring (bicyclic) bond motifs is 2. The van der Waals surface area contributed by atoms with Gasteiger partial charge in [0.25, 0.3) is 0 Å². The number of hydrogen-bond donors (Lipinski definition) is 0. The molecule has 0 radical (unpaired) electrons. The van der Waals surface area contributed by atoms with Crippen LogP contribution in [-0.4, -0.2) is 17.4 Å². The summed E-state index contributed by atoms with van der Waals surface area (Å²) in [5.74, 6) is 0.190. The van der Waals surface area contributed by atoms with Crippen molar-refractivity contribution < 1.29 is 4.79 Å². The summed E-state index contributed by atoms with van der Waals surface area (Å²) in [7, 11) is 0. The zero-order valence-corrected chi connectivity index (χ0v) is 14.9. The first-order valence-corrected chi connectivity index (χ1v) is 9.25. The third-order valence-corrected chi connectivity index (χ3v) is 5.72. The van der Waals surface area contributed by atoms with Gasteiger partial charge in [0.2, 0.25) is 5.91 Å². The summed E-state index contributed by atoms with van der Waals surface area (Å²) < 4.78 is 2.20. The van der Waals surface area contributed by atoms with Gasteiger partial charge in [-0.25, -0.2) is 4.98 Å². The van der Waals surface area contributed by atoms with Crippen molar-refractivity contribution in [1.29, 1.82) is 0 Å². The molecule has 0 fully saturated rings. The fraction of sp³-hybridized carbons (Fsp3) is 0.222. The van der Waals surface area contributed by atoms with Crippen LogP contribution in [0.1, 0.15) is 17.0 Å². The second-order valence-corrected chi connectivity index (χ2v) is 7.67. The van der Waals surface area contributed by atoms with Crippen LogP contribution >= 0.6 is 27.3 Å². The van der Waals surface area contributed by atoms with Gasteiger partial charge < -0.3 is 4.90 Å². The van der Waals surface area contributed by atoms with Crippen molar-refractivity contribution in [3.05, 3.63) is 57.5 Å². The highest BCUT2D eigenvalue weighted by molar-refractivity contribution is 9.10. The highest BCUT2D eigenvalue weighted by atomic mass is 79.9. The Hall–Kier alpha value is -1.72. The van der Waals surface area contributed by atoms with Crippen LogP contribution in [0.15, 0.2) is 46.9 Å². The molecule has 3 nitrogen and oxygen atoms in total. The molecule has 2 aromatic carbocycles. The van der Waals surface area contributed by atoms with Gasteiger partial charge in [0, 0.05) is 29.5 Å². The summed E-state index contributed by atoms with van der Waals surface area (Å²) in [6.45, 7) is 0.797. The third-order valence-electron chi connectivity index (χ3n) is 4.13. The van der Waals surface area contributed by atoms with Crippen LogP contribution in [0.4, 0.5) is 5.69 Å². The molecule has 1 aliphatic heterocycles. The summed E-state index contributed by atoms with van der Waals surface area (Å²) in [6, 6.07) is 14.3. The maximum absolute atomic E-state index is 12.5. The Kier molecular flexibility index (Phi) is 3.91. The number of aryl methyl sites for hydroxylation is 1. The number of hydrogen-bond acceptors (Lipinski definition) is 3. The molecule has 116 valence electrons. The molecule has 0 saturated carbocycles. The minimum absolute atomic E-state index is 0.190. The smallest absolute Gasteiger partial charge is 0.227 e. The molecule has 1 aliphatic rings. The fourth-order valence-corrected chi connectivity index (χ4v) is 4.30. The molecule has 2 heterocycles. The summed E-state index contributed by atoms with van der Waals surface area (Å²) in [6.07, 6.45) is 2.17. The van der Waals surface area contributed by atoms with Gasteiger partial charge in [-0.15, -0.1) is 11.3 Å². The molecule has 0 unspecified atom stereocenters. The van der Waals surface area contributed by atoms with Gasteiger partial charge in [0.15, 0.2) is 0 Å². The number of benzene rings is 2. The molecule has 1 amide bonds. The van der Waals surface area contributed by atoms with Gasteiger partial charge in [-0.2, -0.15) is 0 Å². The lowest BCUT2D eigenvalue weighted by Crippen LogP contribution is -2.28. The highest BCUT2D eigenvalue weighted by Gasteiger charge is 2.23. The molecule has 5 heteroatoms. The lowest BCUT2D eigenvalue weighted by Gasteiger charge is -2.16. The van der Waals surface area contributed by atoms with Crippen molar-refractivity contribution in [2.45, 2.75) is 19.3 Å². The Bertz CT molecular complexity index is 890. The molecule has 4 rings (SSSR count). The molecule has 0 spiro atoms. The summed E-state index contributed by atoms with van der Waals surface area (Å²) in [5.41, 5.74) is 3.34. The van der Waals surface area contributed by atoms with E-state index >= 15 is 0 Å². The summed E-state index contributed by atoms with van der Waals surface area (Å²) in [5, 5.41) is 1.03. The monoisotopic (exact) mass is 386 g/mol. The van der Waals surface area contributed by atoms with Crippen molar-refractivity contribution in [3.63, 3.8) is 0 Å². The number of para-hydroxylation sites is 1. The van der Waals surface area contributed by atoms with Crippen molar-refractivity contribution in [2.24, 2.45) is 0 Å². The van der Waals surface area contributed by atoms with Crippen LogP contribution in [0, 0.1) is 0 Å². The lowest BCUT2D eigenvalue weighted by molar-refractivity contribution is -0.118. The van der Waals surface area contributed by atoms with Crippen LogP contribution in [0.25, 0.3) is 10.2 Å². The molecular formula is C18H15BrN2OS. The maximum Gasteiger partial charge on any atom is 0.227 e. The first kappa shape index (κ1) is 14.8. The first-order valence-electron chi connectivity index (χ1n) is 7.64. The molecule has 1 aromatic heterocycles. The highest BCUT2D eigenvalue weighted by Crippen LogP contribution is 2.29. The molecule has 23 heavy (non-hydrogen) atoms. The van der Waals surface area contributed by atoms with E-state index in [0.717, 1.165) is 33.7 Å². The van der Waals surface area contributed by atoms with Crippen LogP contribution in [0.2, 0.25) is 0 Å². The van der Waals surface area contributed by atoms with E-state index in [-0.39, 0.29) is 5.91 Å². The Balaban J connectivity index is 1.47. The minimum Gasteiger partial charge on any atom is -0.312 e. The van der Waals surface area contributed by atoms with E-state index < -0.39 is 0 Å². The van der Waals surface area contributed by atoms with E-state index in [1.54, 1.807) is 11.3 Å². The van der Waals surface area contributed by atoms with E-state index in [2.05, 4.69) is 33.0 Å². The zero-order valence-electron chi connectivity index (χ0n) is 12.5. The van der Waals surface area contributed by atoms with Crippen LogP contribution < -0.4 is 4.90 Å². The van der Waals surface area contributed by atoms with Gasteiger partial charge in [-0.3, -0.25) is 4.79 Å². The average Bonchev–Trinajstić information content (AvgIpc) is 3.15. The topological polar surface area (TPSA) is 33.2 Å². The van der Waals surface area contributed by atoms with E-state index in [4.69, 9.17) is 0 Å². The molecular weight excluding hydrogens is 372 g/mol. The Morgan fingerprint density at radius 2 is 2.13 bits per heavy atom. The average molecular weight is 387 g/mol. The third kappa shape index (κ3) is 2.91. The Morgan fingerprint density at radius 3 is 3.04 bits per heavy atom. The quantitative estimate of drug-likeness (QED) is 0.659. The number of anilines is 1. The van der Waals surface area contributed by atoms with E-state index in [0.29, 0.717) is 12.8 Å². The number of thiazole rings is 1. The normalized spacial score (nSPS) is 13.5. The largest absolute Gasteiger partial charge is 0.312 e. The van der Waals surface area contributed by atoms with Gasteiger partial charge in [0.05, 0.1) is 15.2 Å². The number of carbonyl (C=O) groups excluding carboxylic acids is 1. The minimum atomic E-state index is 0.190. The summed E-state index contributed by atoms with van der Waals surface area (Å²) in [4.78, 5) is 19.1. The second-order valence-electron chi connectivity index (χ2n) is 5.64. The predicted octanol–water partition coefficient (Wildman–Crippen LogP) is 4.58. The summed E-state index contributed by atoms with van der Waals surface area (Å²) >= 11 is 5.14. The maximum atomic E-state index is 12.5. The number of halogens is 1. The van der Waals surface area contributed by atoms with E-state index in [9.17, 15) is 4.79 Å². The Labute approximate surface area is 147 Å². The molecule has 0 atom stereocenters. The van der Waals surface area contributed by atoms with Crippen molar-refractivity contribution >= 4 is 49.1 Å². The molecule has 0 aliphatic carbocycles. The number of amides is 1. The first-order chi connectivity index (χ1) is 11.2. The molecule has 0 bridgehead atoms. The standard InChI is InChI=1S/C18H15BrN2OS/c19-13-5-6-16-14(11-13)20-17(23-16)7-8-18(22)21-10-9-12-3-1-2-4-15(12)21/h1-6,11H,7-10H2. The van der Waals surface area contributed by atoms with Crippen molar-refractivity contribution in [1.82, 2.24) is 4.98 Å². The Morgan fingerprint density at radius 1 is 1.26 bits per heavy atom. The number of rotatable bonds is 3. The number of nitrogens with zero attached hydrogens (tertiary/aromatic N) is 2. The number of carbonyl (C=O) groups is 1. The second kappa shape index (κ2) is 6.06. The predicted molar refractivity (Wildman–Crippen MR) is 98.1 cm³/mol. The molecule has 0 N–H and O–H groups in total. The van der Waals surface area contributed by atoms with Gasteiger partial charge in [-0.05, 0) is 36.2 Å². The van der Waals surface area contributed by atoms with Crippen LogP contribution in [0.5, 0.6) is 0 Å². The SMILES string of the molecule is O=C(CCc1nc2cc(Br)ccc2s1)N1CCc2ccccc21. The number of aromatic nitrogens is 1. The lowest BCUT2D eigenvalue weighted by atomic mass is 10.2. The zero-order chi connectivity index (χ0) is 15.8. The van der Waals surface area contributed by atoms with Gasteiger partial charge >= 0.3 is 0 Å². The fourth-order valence-electron chi connectivity index (χ4n) is 3.00. The van der Waals surface area contributed by atoms with Crippen molar-refractivity contribution in [2.75, 3.05) is 11.4 Å². The van der Waals surface area contributed by atoms with E-state index in [1.807, 2.05) is 35.2 Å². The van der Waals surface area contributed by atoms with Gasteiger partial charge in [0.1, 0.15) is 0 Å². The van der Waals surface area contributed by atoms with Crippen LogP contribution in [-0.2, 0) is 17.6 Å². The molecule has 0 saturated heterocycles. The molecule has 3 aromatic rings. The van der Waals surface area contributed by atoms with Crippen LogP contribution in [0.3, 0.4) is 0 Å². The van der Waals surface area contributed by atoms with E-state index in [1.165, 1.54) is 10.3 Å².